The van der Waals surface area contributed by atoms with Crippen LogP contribution in [0.15, 0.2) is 37.4 Å². The molecule has 3 aromatic rings. The molecule has 0 radical (unpaired) electrons. The molecular weight excluding hydrogens is 326 g/mol. The molecule has 0 aliphatic rings. The van der Waals surface area contributed by atoms with Crippen LogP contribution >= 0.6 is 11.8 Å². The number of aryl methyl sites for hydroxylation is 2. The molecule has 0 saturated heterocycles. The first kappa shape index (κ1) is 16.6. The number of rotatable bonds is 5. The summed E-state index contributed by atoms with van der Waals surface area (Å²) in [6, 6.07) is 5.51. The molecular formula is C17H19N3O3S. The van der Waals surface area contributed by atoms with Crippen LogP contribution in [0.3, 0.4) is 0 Å². The maximum Gasteiger partial charge on any atom is 0.343 e. The van der Waals surface area contributed by atoms with E-state index >= 15 is 0 Å². The van der Waals surface area contributed by atoms with E-state index in [9.17, 15) is 9.59 Å². The maximum atomic E-state index is 11.9. The van der Waals surface area contributed by atoms with Gasteiger partial charge in [0.05, 0.1) is 0 Å². The number of hydrogen-bond acceptors (Lipinski definition) is 5. The van der Waals surface area contributed by atoms with Crippen molar-refractivity contribution in [2.24, 2.45) is 0 Å². The highest BCUT2D eigenvalue weighted by atomic mass is 32.2. The molecule has 24 heavy (non-hydrogen) atoms. The molecule has 2 heterocycles. The normalized spacial score (nSPS) is 11.3. The lowest BCUT2D eigenvalue weighted by molar-refractivity contribution is 0.557. The Hall–Kier alpha value is -2.28. The average molecular weight is 345 g/mol. The van der Waals surface area contributed by atoms with Crippen molar-refractivity contribution in [2.45, 2.75) is 44.6 Å². The van der Waals surface area contributed by atoms with Crippen molar-refractivity contribution in [3.05, 3.63) is 55.8 Å². The highest BCUT2D eigenvalue weighted by Gasteiger charge is 2.12. The molecule has 0 saturated carbocycles. The van der Waals surface area contributed by atoms with Crippen molar-refractivity contribution in [3.63, 3.8) is 0 Å². The van der Waals surface area contributed by atoms with Crippen LogP contribution in [-0.4, -0.2) is 14.8 Å². The van der Waals surface area contributed by atoms with E-state index in [4.69, 9.17) is 4.42 Å². The van der Waals surface area contributed by atoms with Gasteiger partial charge in [0.15, 0.2) is 5.16 Å². The molecule has 0 unspecified atom stereocenters. The van der Waals surface area contributed by atoms with E-state index in [0.29, 0.717) is 23.0 Å². The van der Waals surface area contributed by atoms with E-state index in [-0.39, 0.29) is 11.3 Å². The van der Waals surface area contributed by atoms with Gasteiger partial charge in [-0.3, -0.25) is 4.57 Å². The predicted molar refractivity (Wildman–Crippen MR) is 94.7 cm³/mol. The zero-order valence-corrected chi connectivity index (χ0v) is 14.7. The first-order chi connectivity index (χ1) is 11.5. The Labute approximate surface area is 142 Å². The third kappa shape index (κ3) is 3.03. The van der Waals surface area contributed by atoms with Crippen LogP contribution in [0.4, 0.5) is 0 Å². The highest BCUT2D eigenvalue weighted by Crippen LogP contribution is 2.27. The second kappa shape index (κ2) is 6.68. The van der Waals surface area contributed by atoms with Gasteiger partial charge in [0.1, 0.15) is 5.58 Å². The lowest BCUT2D eigenvalue weighted by Gasteiger charge is -2.09. The summed E-state index contributed by atoms with van der Waals surface area (Å²) < 4.78 is 7.01. The fourth-order valence-corrected chi connectivity index (χ4v) is 3.58. The van der Waals surface area contributed by atoms with Gasteiger partial charge in [-0.1, -0.05) is 30.8 Å². The molecule has 2 aromatic heterocycles. The summed E-state index contributed by atoms with van der Waals surface area (Å²) in [5.41, 5.74) is 3.00. The number of benzene rings is 1. The van der Waals surface area contributed by atoms with Gasteiger partial charge in [0.25, 0.3) is 0 Å². The topological polar surface area (TPSA) is 80.9 Å². The molecule has 7 heteroatoms. The molecule has 0 aliphatic heterocycles. The summed E-state index contributed by atoms with van der Waals surface area (Å²) in [7, 11) is 0. The first-order valence-corrected chi connectivity index (χ1v) is 8.80. The first-order valence-electron chi connectivity index (χ1n) is 7.82. The number of hydrogen-bond donors (Lipinski definition) is 1. The Morgan fingerprint density at radius 1 is 1.29 bits per heavy atom. The third-order valence-electron chi connectivity index (χ3n) is 4.04. The van der Waals surface area contributed by atoms with Gasteiger partial charge in [-0.15, -0.1) is 5.10 Å². The number of H-pyrrole nitrogens is 1. The summed E-state index contributed by atoms with van der Waals surface area (Å²) in [6.45, 7) is 6.57. The van der Waals surface area contributed by atoms with Crippen LogP contribution in [-0.2, 0) is 12.3 Å². The molecule has 6 nitrogen and oxygen atoms in total. The van der Waals surface area contributed by atoms with Crippen molar-refractivity contribution in [1.29, 1.82) is 0 Å². The smallest absolute Gasteiger partial charge is 0.343 e. The van der Waals surface area contributed by atoms with Gasteiger partial charge >= 0.3 is 11.3 Å². The van der Waals surface area contributed by atoms with Crippen molar-refractivity contribution >= 4 is 22.7 Å². The number of fused-ring (bicyclic) bond motifs is 1. The van der Waals surface area contributed by atoms with Crippen LogP contribution in [0, 0.1) is 13.8 Å². The summed E-state index contributed by atoms with van der Waals surface area (Å²) in [5.74, 6) is 0.540. The number of nitrogens with one attached hydrogen (secondary N) is 1. The van der Waals surface area contributed by atoms with Crippen LogP contribution in [0.5, 0.6) is 0 Å². The third-order valence-corrected chi connectivity index (χ3v) is 5.07. The second-order valence-corrected chi connectivity index (χ2v) is 6.67. The summed E-state index contributed by atoms with van der Waals surface area (Å²) in [4.78, 5) is 23.7. The number of aromatic amines is 1. The van der Waals surface area contributed by atoms with Crippen LogP contribution in [0.25, 0.3) is 11.0 Å². The van der Waals surface area contributed by atoms with E-state index in [1.807, 2.05) is 32.9 Å². The molecule has 3 rings (SSSR count). The van der Waals surface area contributed by atoms with Gasteiger partial charge < -0.3 is 4.42 Å². The van der Waals surface area contributed by atoms with Gasteiger partial charge in [-0.05, 0) is 37.0 Å². The minimum atomic E-state index is -0.361. The molecule has 0 bridgehead atoms. The Kier molecular flexibility index (Phi) is 4.62. The van der Waals surface area contributed by atoms with Crippen molar-refractivity contribution in [3.8, 4) is 0 Å². The number of nitrogens with zero attached hydrogens (tertiary/aromatic N) is 2. The van der Waals surface area contributed by atoms with E-state index in [2.05, 4.69) is 10.2 Å². The average Bonchev–Trinajstić information content (AvgIpc) is 2.90. The summed E-state index contributed by atoms with van der Waals surface area (Å²) in [6.07, 6.45) is 0.851. The molecule has 0 aliphatic carbocycles. The van der Waals surface area contributed by atoms with Crippen molar-refractivity contribution in [2.75, 3.05) is 0 Å². The fourth-order valence-electron chi connectivity index (χ4n) is 2.62. The Morgan fingerprint density at radius 2 is 2.08 bits per heavy atom. The standard InChI is InChI=1S/C17H19N3O3S/c1-4-7-20-16(22)18-19-17(20)24-9-12-8-14(21)23-15-11(3)10(2)5-6-13(12)15/h5-6,8H,4,7,9H2,1-3H3,(H,18,22). The van der Waals surface area contributed by atoms with Crippen LogP contribution in [0.2, 0.25) is 0 Å². The van der Waals surface area contributed by atoms with Crippen molar-refractivity contribution < 1.29 is 4.42 Å². The van der Waals surface area contributed by atoms with E-state index < -0.39 is 0 Å². The SMILES string of the molecule is CCCn1c(SCc2cc(=O)oc3c(C)c(C)ccc23)n[nH]c1=O. The molecule has 126 valence electrons. The molecule has 1 N–H and O–H groups in total. The van der Waals surface area contributed by atoms with E-state index in [0.717, 1.165) is 28.5 Å². The van der Waals surface area contributed by atoms with Crippen molar-refractivity contribution in [1.82, 2.24) is 14.8 Å². The lowest BCUT2D eigenvalue weighted by atomic mass is 10.0. The predicted octanol–water partition coefficient (Wildman–Crippen LogP) is 3.00. The minimum absolute atomic E-state index is 0.205. The fraction of sp³-hybridized carbons (Fsp3) is 0.353. The summed E-state index contributed by atoms with van der Waals surface area (Å²) >= 11 is 1.43. The summed E-state index contributed by atoms with van der Waals surface area (Å²) in [5, 5.41) is 8.10. The van der Waals surface area contributed by atoms with Gasteiger partial charge in [-0.2, -0.15) is 0 Å². The largest absolute Gasteiger partial charge is 0.422 e. The highest BCUT2D eigenvalue weighted by molar-refractivity contribution is 7.98. The number of thioether (sulfide) groups is 1. The maximum absolute atomic E-state index is 11.9. The number of aromatic nitrogens is 3. The Bertz CT molecular complexity index is 1000. The van der Waals surface area contributed by atoms with Crippen LogP contribution in [0.1, 0.15) is 30.0 Å². The van der Waals surface area contributed by atoms with Gasteiger partial charge in [0, 0.05) is 23.8 Å². The zero-order valence-electron chi connectivity index (χ0n) is 13.9. The molecule has 0 spiro atoms. The molecule has 0 atom stereocenters. The Morgan fingerprint density at radius 3 is 2.83 bits per heavy atom. The van der Waals surface area contributed by atoms with E-state index in [1.165, 1.54) is 17.8 Å². The van der Waals surface area contributed by atoms with E-state index in [1.54, 1.807) is 4.57 Å². The van der Waals surface area contributed by atoms with Crippen LogP contribution < -0.4 is 11.3 Å². The lowest BCUT2D eigenvalue weighted by Crippen LogP contribution is -2.17. The zero-order chi connectivity index (χ0) is 17.3. The Balaban J connectivity index is 1.98. The molecule has 0 amide bonds. The molecule has 0 fully saturated rings. The quantitative estimate of drug-likeness (QED) is 0.568. The molecule has 1 aromatic carbocycles. The minimum Gasteiger partial charge on any atom is -0.422 e. The van der Waals surface area contributed by atoms with Gasteiger partial charge in [0.2, 0.25) is 0 Å². The second-order valence-electron chi connectivity index (χ2n) is 5.73. The monoisotopic (exact) mass is 345 g/mol. The van der Waals surface area contributed by atoms with Gasteiger partial charge in [-0.25, -0.2) is 14.7 Å².